The van der Waals surface area contributed by atoms with E-state index in [-0.39, 0.29) is 13.0 Å². The second-order valence-electron chi connectivity index (χ2n) is 5.42. The maximum absolute atomic E-state index is 12.0. The molecule has 0 spiro atoms. The second kappa shape index (κ2) is 3.68. The maximum atomic E-state index is 12.0. The predicted molar refractivity (Wildman–Crippen MR) is 56.9 cm³/mol. The molecule has 16 heavy (non-hydrogen) atoms. The van der Waals surface area contributed by atoms with Gasteiger partial charge in [-0.25, -0.2) is 4.79 Å². The number of hydroxylamine groups is 2. The molecule has 0 aliphatic carbocycles. The summed E-state index contributed by atoms with van der Waals surface area (Å²) < 4.78 is 4.85. The van der Waals surface area contributed by atoms with Crippen LogP contribution in [0.2, 0.25) is 0 Å². The van der Waals surface area contributed by atoms with Crippen LogP contribution in [0.5, 0.6) is 0 Å². The minimum Gasteiger partial charge on any atom is -0.464 e. The van der Waals surface area contributed by atoms with Gasteiger partial charge in [-0.05, 0) is 34.6 Å². The number of nitrogens with zero attached hydrogens (tertiary/aromatic N) is 1. The lowest BCUT2D eigenvalue weighted by Crippen LogP contribution is -2.58. The summed E-state index contributed by atoms with van der Waals surface area (Å²) in [5.74, 6) is -0.716. The van der Waals surface area contributed by atoms with E-state index in [4.69, 9.17) is 4.74 Å². The van der Waals surface area contributed by atoms with E-state index in [1.807, 2.05) is 0 Å². The fourth-order valence-electron chi connectivity index (χ4n) is 2.41. The summed E-state index contributed by atoms with van der Waals surface area (Å²) in [5.41, 5.74) is -3.69. The Morgan fingerprint density at radius 3 is 2.19 bits per heavy atom. The summed E-state index contributed by atoms with van der Waals surface area (Å²) in [6.45, 7) is 8.40. The first kappa shape index (κ1) is 13.4. The van der Waals surface area contributed by atoms with E-state index < -0.39 is 22.6 Å². The molecule has 0 aromatic heterocycles. The Morgan fingerprint density at radius 2 is 1.88 bits per heavy atom. The largest absolute Gasteiger partial charge is 0.464 e. The number of hydrogen-bond donors (Lipinski definition) is 1. The van der Waals surface area contributed by atoms with Crippen molar-refractivity contribution >= 4 is 5.97 Å². The van der Waals surface area contributed by atoms with E-state index in [1.54, 1.807) is 34.6 Å². The molecule has 1 N–H and O–H groups in total. The second-order valence-corrected chi connectivity index (χ2v) is 5.42. The van der Waals surface area contributed by atoms with Crippen molar-refractivity contribution in [1.82, 2.24) is 5.06 Å². The van der Waals surface area contributed by atoms with Crippen LogP contribution in [0.15, 0.2) is 0 Å². The van der Waals surface area contributed by atoms with Crippen molar-refractivity contribution in [2.75, 3.05) is 6.61 Å². The first-order valence-corrected chi connectivity index (χ1v) is 5.46. The average molecular weight is 230 g/mol. The molecular formula is C11H20NO4. The molecule has 93 valence electrons. The van der Waals surface area contributed by atoms with Crippen LogP contribution in [-0.2, 0) is 14.7 Å². The fraction of sp³-hybridized carbons (Fsp3) is 0.909. The van der Waals surface area contributed by atoms with Crippen LogP contribution < -0.4 is 0 Å². The lowest BCUT2D eigenvalue weighted by atomic mass is 9.82. The van der Waals surface area contributed by atoms with E-state index in [2.05, 4.69) is 0 Å². The van der Waals surface area contributed by atoms with Gasteiger partial charge in [-0.3, -0.25) is 0 Å². The van der Waals surface area contributed by atoms with E-state index in [0.717, 1.165) is 5.06 Å². The molecule has 0 amide bonds. The van der Waals surface area contributed by atoms with E-state index in [0.29, 0.717) is 0 Å². The highest BCUT2D eigenvalue weighted by atomic mass is 16.6. The number of ether oxygens (including phenoxy) is 1. The van der Waals surface area contributed by atoms with Gasteiger partial charge in [-0.1, -0.05) is 0 Å². The van der Waals surface area contributed by atoms with Crippen molar-refractivity contribution in [2.24, 2.45) is 0 Å². The van der Waals surface area contributed by atoms with Gasteiger partial charge in [-0.2, -0.15) is 0 Å². The third kappa shape index (κ3) is 1.63. The van der Waals surface area contributed by atoms with Gasteiger partial charge in [0.05, 0.1) is 12.1 Å². The quantitative estimate of drug-likeness (QED) is 0.715. The van der Waals surface area contributed by atoms with Crippen molar-refractivity contribution in [2.45, 2.75) is 57.7 Å². The van der Waals surface area contributed by atoms with E-state index in [9.17, 15) is 15.1 Å². The molecule has 1 radical (unpaired) electrons. The van der Waals surface area contributed by atoms with Crippen LogP contribution in [0.25, 0.3) is 0 Å². The van der Waals surface area contributed by atoms with Crippen LogP contribution in [0.1, 0.15) is 41.0 Å². The van der Waals surface area contributed by atoms with Crippen LogP contribution in [0.4, 0.5) is 0 Å². The molecule has 0 aromatic rings. The van der Waals surface area contributed by atoms with Gasteiger partial charge in [0, 0.05) is 12.0 Å². The van der Waals surface area contributed by atoms with Crippen LogP contribution >= 0.6 is 0 Å². The smallest absolute Gasteiger partial charge is 0.340 e. The first-order valence-electron chi connectivity index (χ1n) is 5.46. The summed E-state index contributed by atoms with van der Waals surface area (Å²) in [6, 6.07) is 0. The SMILES string of the molecule is CCOC(=O)C1(O)CC(C)(C)N([O])C1(C)C. The number of carbonyl (C=O) groups excluding carboxylic acids is 1. The van der Waals surface area contributed by atoms with Gasteiger partial charge >= 0.3 is 5.97 Å². The van der Waals surface area contributed by atoms with Crippen molar-refractivity contribution in [3.63, 3.8) is 0 Å². The van der Waals surface area contributed by atoms with Crippen molar-refractivity contribution in [1.29, 1.82) is 0 Å². The normalized spacial score (nSPS) is 32.7. The Hall–Kier alpha value is -0.650. The number of esters is 1. The monoisotopic (exact) mass is 230 g/mol. The van der Waals surface area contributed by atoms with Crippen LogP contribution in [0.3, 0.4) is 0 Å². The molecule has 1 heterocycles. The Bertz CT molecular complexity index is 300. The zero-order valence-electron chi connectivity index (χ0n) is 10.5. The summed E-state index contributed by atoms with van der Waals surface area (Å²) in [5, 5.41) is 23.2. The topological polar surface area (TPSA) is 69.7 Å². The van der Waals surface area contributed by atoms with Gasteiger partial charge in [0.2, 0.25) is 0 Å². The minimum atomic E-state index is -1.74. The molecule has 1 atom stereocenters. The van der Waals surface area contributed by atoms with Crippen LogP contribution in [0, 0.1) is 0 Å². The Kier molecular flexibility index (Phi) is 3.09. The summed E-state index contributed by atoms with van der Waals surface area (Å²) in [7, 11) is 0. The minimum absolute atomic E-state index is 0.0787. The lowest BCUT2D eigenvalue weighted by molar-refractivity contribution is -0.261. The van der Waals surface area contributed by atoms with Gasteiger partial charge < -0.3 is 9.84 Å². The molecular weight excluding hydrogens is 210 g/mol. The predicted octanol–water partition coefficient (Wildman–Crippen LogP) is 0.889. The molecule has 5 heteroatoms. The van der Waals surface area contributed by atoms with Gasteiger partial charge in [0.25, 0.3) is 0 Å². The molecule has 0 saturated carbocycles. The van der Waals surface area contributed by atoms with Crippen molar-refractivity contribution < 1.29 is 19.8 Å². The number of hydrogen-bond acceptors (Lipinski definition) is 4. The van der Waals surface area contributed by atoms with Crippen molar-refractivity contribution in [3.05, 3.63) is 0 Å². The average Bonchev–Trinajstić information content (AvgIpc) is 2.26. The molecule has 0 aromatic carbocycles. The lowest BCUT2D eigenvalue weighted by Gasteiger charge is -2.36. The zero-order valence-corrected chi connectivity index (χ0v) is 10.5. The Labute approximate surface area is 96.0 Å². The summed E-state index contributed by atoms with van der Waals surface area (Å²) in [6.07, 6.45) is 0.0787. The molecule has 1 saturated heterocycles. The van der Waals surface area contributed by atoms with Gasteiger partial charge in [0.15, 0.2) is 5.60 Å². The van der Waals surface area contributed by atoms with E-state index >= 15 is 0 Å². The zero-order chi connectivity index (χ0) is 12.8. The number of carbonyl (C=O) groups is 1. The maximum Gasteiger partial charge on any atom is 0.340 e. The number of aliphatic hydroxyl groups is 1. The molecule has 1 fully saturated rings. The molecule has 0 bridgehead atoms. The molecule has 1 unspecified atom stereocenters. The summed E-state index contributed by atoms with van der Waals surface area (Å²) >= 11 is 0. The highest BCUT2D eigenvalue weighted by Gasteiger charge is 2.66. The fourth-order valence-corrected chi connectivity index (χ4v) is 2.41. The highest BCUT2D eigenvalue weighted by Crippen LogP contribution is 2.47. The first-order chi connectivity index (χ1) is 7.09. The number of rotatable bonds is 2. The molecule has 5 nitrogen and oxygen atoms in total. The third-order valence-electron chi connectivity index (χ3n) is 3.37. The van der Waals surface area contributed by atoms with Crippen molar-refractivity contribution in [3.8, 4) is 0 Å². The molecule has 1 aliphatic heterocycles. The van der Waals surface area contributed by atoms with Gasteiger partial charge in [-0.15, -0.1) is 10.3 Å². The third-order valence-corrected chi connectivity index (χ3v) is 3.37. The van der Waals surface area contributed by atoms with Crippen LogP contribution in [-0.4, -0.2) is 39.4 Å². The highest BCUT2D eigenvalue weighted by molar-refractivity contribution is 5.82. The standard InChI is InChI=1S/C11H20NO4/c1-6-16-8(13)11(14)7-9(2,3)12(15)10(11,4)5/h14H,6-7H2,1-5H3. The Balaban J connectivity index is 3.10. The molecule has 1 aliphatic rings. The Morgan fingerprint density at radius 1 is 1.38 bits per heavy atom. The summed E-state index contributed by atoms with van der Waals surface area (Å²) in [4.78, 5) is 11.8. The van der Waals surface area contributed by atoms with Gasteiger partial charge in [0.1, 0.15) is 0 Å². The molecule has 1 rings (SSSR count). The van der Waals surface area contributed by atoms with E-state index in [1.165, 1.54) is 0 Å².